The van der Waals surface area contributed by atoms with Crippen molar-refractivity contribution in [2.24, 2.45) is 0 Å². The van der Waals surface area contributed by atoms with Gasteiger partial charge >= 0.3 is 0 Å². The van der Waals surface area contributed by atoms with Gasteiger partial charge < -0.3 is 16.2 Å². The Bertz CT molecular complexity index is 313. The molecule has 0 aromatic heterocycles. The summed E-state index contributed by atoms with van der Waals surface area (Å²) < 4.78 is 18.3. The summed E-state index contributed by atoms with van der Waals surface area (Å²) >= 11 is 0. The molecule has 13 heavy (non-hydrogen) atoms. The molecule has 72 valence electrons. The van der Waals surface area contributed by atoms with Crippen molar-refractivity contribution in [2.75, 3.05) is 11.5 Å². The van der Waals surface area contributed by atoms with Crippen molar-refractivity contribution in [1.29, 1.82) is 0 Å². The predicted molar refractivity (Wildman–Crippen MR) is 51.0 cm³/mol. The maximum atomic E-state index is 13.1. The highest BCUT2D eigenvalue weighted by Gasteiger charge is 2.08. The van der Waals surface area contributed by atoms with Crippen LogP contribution < -0.4 is 16.2 Å². The number of benzene rings is 1. The van der Waals surface area contributed by atoms with E-state index in [0.717, 1.165) is 6.07 Å². The zero-order valence-electron chi connectivity index (χ0n) is 7.67. The molecule has 0 heterocycles. The minimum atomic E-state index is -0.486. The van der Waals surface area contributed by atoms with E-state index >= 15 is 0 Å². The van der Waals surface area contributed by atoms with Crippen molar-refractivity contribution in [1.82, 2.24) is 0 Å². The van der Waals surface area contributed by atoms with Gasteiger partial charge in [-0.1, -0.05) is 0 Å². The number of halogens is 1. The third-order valence-corrected chi connectivity index (χ3v) is 1.50. The largest absolute Gasteiger partial charge is 0.488 e. The summed E-state index contributed by atoms with van der Waals surface area (Å²) in [4.78, 5) is 0. The number of hydrogen-bond donors (Lipinski definition) is 2. The molecule has 0 amide bonds. The zero-order chi connectivity index (χ0) is 10.0. The molecule has 0 aliphatic rings. The van der Waals surface area contributed by atoms with Gasteiger partial charge in [-0.3, -0.25) is 0 Å². The molecule has 0 fully saturated rings. The summed E-state index contributed by atoms with van der Waals surface area (Å²) in [6, 6.07) is 2.55. The quantitative estimate of drug-likeness (QED) is 0.688. The summed E-state index contributed by atoms with van der Waals surface area (Å²) in [5.74, 6) is -0.345. The van der Waals surface area contributed by atoms with E-state index in [-0.39, 0.29) is 17.5 Å². The van der Waals surface area contributed by atoms with Crippen LogP contribution in [0.5, 0.6) is 5.75 Å². The van der Waals surface area contributed by atoms with E-state index < -0.39 is 5.82 Å². The van der Waals surface area contributed by atoms with Gasteiger partial charge in [-0.15, -0.1) is 0 Å². The normalized spacial score (nSPS) is 10.5. The number of nitrogen functional groups attached to an aromatic ring is 2. The first kappa shape index (κ1) is 9.64. The van der Waals surface area contributed by atoms with Crippen molar-refractivity contribution in [3.63, 3.8) is 0 Å². The first-order valence-corrected chi connectivity index (χ1v) is 4.02. The molecular formula is C9H13FN2O. The molecule has 0 bridgehead atoms. The zero-order valence-corrected chi connectivity index (χ0v) is 7.67. The molecule has 0 aliphatic heterocycles. The Labute approximate surface area is 76.5 Å². The number of anilines is 2. The Hall–Kier alpha value is -1.45. The molecule has 0 saturated carbocycles. The van der Waals surface area contributed by atoms with E-state index in [9.17, 15) is 4.39 Å². The fraction of sp³-hybridized carbons (Fsp3) is 0.333. The van der Waals surface area contributed by atoms with E-state index in [1.807, 2.05) is 13.8 Å². The summed E-state index contributed by atoms with van der Waals surface area (Å²) in [5, 5.41) is 0. The second-order valence-electron chi connectivity index (χ2n) is 3.08. The topological polar surface area (TPSA) is 61.3 Å². The minimum Gasteiger partial charge on any atom is -0.488 e. The summed E-state index contributed by atoms with van der Waals surface area (Å²) in [5.41, 5.74) is 11.5. The molecule has 0 unspecified atom stereocenters. The first-order valence-electron chi connectivity index (χ1n) is 4.02. The Balaban J connectivity index is 3.01. The maximum absolute atomic E-state index is 13.1. The van der Waals surface area contributed by atoms with Crippen LogP contribution >= 0.6 is 0 Å². The second-order valence-corrected chi connectivity index (χ2v) is 3.08. The Morgan fingerprint density at radius 3 is 2.31 bits per heavy atom. The van der Waals surface area contributed by atoms with Gasteiger partial charge in [0.1, 0.15) is 0 Å². The van der Waals surface area contributed by atoms with Crippen LogP contribution in [0.15, 0.2) is 12.1 Å². The lowest BCUT2D eigenvalue weighted by atomic mass is 10.2. The van der Waals surface area contributed by atoms with Crippen molar-refractivity contribution in [3.8, 4) is 5.75 Å². The predicted octanol–water partition coefficient (Wildman–Crippen LogP) is 1.78. The lowest BCUT2D eigenvalue weighted by molar-refractivity contribution is 0.231. The monoisotopic (exact) mass is 184 g/mol. The molecular weight excluding hydrogens is 171 g/mol. The van der Waals surface area contributed by atoms with Gasteiger partial charge in [0.2, 0.25) is 0 Å². The Morgan fingerprint density at radius 2 is 1.77 bits per heavy atom. The standard InChI is InChI=1S/C9H13FN2O/c1-5(2)13-9-4-8(12)7(11)3-6(9)10/h3-5H,11-12H2,1-2H3. The molecule has 1 aromatic rings. The summed E-state index contributed by atoms with van der Waals surface area (Å²) in [6.07, 6.45) is -0.0856. The maximum Gasteiger partial charge on any atom is 0.167 e. The molecule has 0 saturated heterocycles. The van der Waals surface area contributed by atoms with E-state index in [1.54, 1.807) is 0 Å². The fourth-order valence-electron chi connectivity index (χ4n) is 0.929. The van der Waals surface area contributed by atoms with Crippen LogP contribution in [0.2, 0.25) is 0 Å². The van der Waals surface area contributed by atoms with Crippen molar-refractivity contribution < 1.29 is 9.13 Å². The second kappa shape index (κ2) is 3.51. The van der Waals surface area contributed by atoms with E-state index in [4.69, 9.17) is 16.2 Å². The van der Waals surface area contributed by atoms with Gasteiger partial charge in [-0.05, 0) is 13.8 Å². The SMILES string of the molecule is CC(C)Oc1cc(N)c(N)cc1F. The van der Waals surface area contributed by atoms with Crippen LogP contribution in [0.1, 0.15) is 13.8 Å². The van der Waals surface area contributed by atoms with Crippen molar-refractivity contribution >= 4 is 11.4 Å². The molecule has 0 radical (unpaired) electrons. The Morgan fingerprint density at radius 1 is 1.23 bits per heavy atom. The van der Waals surface area contributed by atoms with Crippen LogP contribution in [-0.4, -0.2) is 6.10 Å². The van der Waals surface area contributed by atoms with Gasteiger partial charge in [0, 0.05) is 12.1 Å². The van der Waals surface area contributed by atoms with E-state index in [1.165, 1.54) is 6.07 Å². The highest BCUT2D eigenvalue weighted by atomic mass is 19.1. The number of hydrogen-bond acceptors (Lipinski definition) is 3. The average Bonchev–Trinajstić information content (AvgIpc) is 1.99. The van der Waals surface area contributed by atoms with Gasteiger partial charge in [0.15, 0.2) is 11.6 Å². The van der Waals surface area contributed by atoms with Crippen molar-refractivity contribution in [2.45, 2.75) is 20.0 Å². The summed E-state index contributed by atoms with van der Waals surface area (Å²) in [7, 11) is 0. The molecule has 1 aromatic carbocycles. The van der Waals surface area contributed by atoms with Crippen LogP contribution in [0.25, 0.3) is 0 Å². The molecule has 4 heteroatoms. The van der Waals surface area contributed by atoms with Gasteiger partial charge in [-0.25, -0.2) is 4.39 Å². The first-order chi connectivity index (χ1) is 6.00. The lowest BCUT2D eigenvalue weighted by Crippen LogP contribution is -2.08. The number of nitrogens with two attached hydrogens (primary N) is 2. The van der Waals surface area contributed by atoms with Gasteiger partial charge in [0.05, 0.1) is 17.5 Å². The molecule has 4 N–H and O–H groups in total. The van der Waals surface area contributed by atoms with Crippen molar-refractivity contribution in [3.05, 3.63) is 17.9 Å². The van der Waals surface area contributed by atoms with Gasteiger partial charge in [0.25, 0.3) is 0 Å². The van der Waals surface area contributed by atoms with Crippen LogP contribution in [-0.2, 0) is 0 Å². The molecule has 3 nitrogen and oxygen atoms in total. The summed E-state index contributed by atoms with van der Waals surface area (Å²) in [6.45, 7) is 3.62. The minimum absolute atomic E-state index is 0.0856. The number of ether oxygens (including phenoxy) is 1. The average molecular weight is 184 g/mol. The molecule has 0 atom stereocenters. The van der Waals surface area contributed by atoms with Crippen LogP contribution in [0.4, 0.5) is 15.8 Å². The molecule has 0 spiro atoms. The molecule has 0 aliphatic carbocycles. The number of rotatable bonds is 2. The lowest BCUT2D eigenvalue weighted by Gasteiger charge is -2.11. The van der Waals surface area contributed by atoms with Crippen LogP contribution in [0.3, 0.4) is 0 Å². The third kappa shape index (κ3) is 2.24. The van der Waals surface area contributed by atoms with Gasteiger partial charge in [-0.2, -0.15) is 0 Å². The van der Waals surface area contributed by atoms with E-state index in [2.05, 4.69) is 0 Å². The van der Waals surface area contributed by atoms with E-state index in [0.29, 0.717) is 5.69 Å². The molecule has 1 rings (SSSR count). The smallest absolute Gasteiger partial charge is 0.167 e. The van der Waals surface area contributed by atoms with Crippen LogP contribution in [0, 0.1) is 5.82 Å². The highest BCUT2D eigenvalue weighted by molar-refractivity contribution is 5.65. The third-order valence-electron chi connectivity index (χ3n) is 1.50. The highest BCUT2D eigenvalue weighted by Crippen LogP contribution is 2.26. The Kier molecular flexibility index (Phi) is 2.60. The fourth-order valence-corrected chi connectivity index (χ4v) is 0.929.